The van der Waals surface area contributed by atoms with E-state index in [1.807, 2.05) is 20.8 Å². The molecular formula is C33H44O7. The molecule has 2 rings (SSSR count). The quantitative estimate of drug-likeness (QED) is 0.0910. The highest BCUT2D eigenvalue weighted by molar-refractivity contribution is 5.91. The third kappa shape index (κ3) is 11.6. The number of benzene rings is 2. The van der Waals surface area contributed by atoms with Crippen LogP contribution in [-0.2, 0) is 19.7 Å². The first kappa shape index (κ1) is 32.6. The van der Waals surface area contributed by atoms with Crippen LogP contribution >= 0.6 is 0 Å². The highest BCUT2D eigenvalue weighted by atomic mass is 16.5. The van der Waals surface area contributed by atoms with Crippen molar-refractivity contribution in [1.29, 1.82) is 0 Å². The van der Waals surface area contributed by atoms with Crippen LogP contribution in [0.25, 0.3) is 0 Å². The lowest BCUT2D eigenvalue weighted by molar-refractivity contribution is -0.139. The van der Waals surface area contributed by atoms with E-state index in [1.165, 1.54) is 0 Å². The molecule has 0 heterocycles. The molecular weight excluding hydrogens is 508 g/mol. The molecule has 0 radical (unpaired) electrons. The summed E-state index contributed by atoms with van der Waals surface area (Å²) in [6, 6.07) is 11.9. The van der Waals surface area contributed by atoms with E-state index in [4.69, 9.17) is 18.9 Å². The average Bonchev–Trinajstić information content (AvgIpc) is 2.90. The van der Waals surface area contributed by atoms with Gasteiger partial charge in [0.15, 0.2) is 0 Å². The lowest BCUT2D eigenvalue weighted by Crippen LogP contribution is -2.17. The molecule has 0 unspecified atom stereocenters. The summed E-state index contributed by atoms with van der Waals surface area (Å²) >= 11 is 0. The summed E-state index contributed by atoms with van der Waals surface area (Å²) in [5.41, 5.74) is 1.28. The Hall–Kier alpha value is -3.61. The number of rotatable bonds is 16. The predicted molar refractivity (Wildman–Crippen MR) is 156 cm³/mol. The third-order valence-electron chi connectivity index (χ3n) is 6.16. The molecule has 0 saturated carbocycles. The van der Waals surface area contributed by atoms with Crippen LogP contribution in [0.1, 0.15) is 102 Å². The van der Waals surface area contributed by atoms with E-state index in [2.05, 4.69) is 13.5 Å². The van der Waals surface area contributed by atoms with Gasteiger partial charge >= 0.3 is 17.9 Å². The summed E-state index contributed by atoms with van der Waals surface area (Å²) in [5, 5.41) is 0. The van der Waals surface area contributed by atoms with Gasteiger partial charge in [0, 0.05) is 17.6 Å². The fourth-order valence-electron chi connectivity index (χ4n) is 3.83. The zero-order valence-electron chi connectivity index (χ0n) is 24.7. The van der Waals surface area contributed by atoms with Gasteiger partial charge in [0.05, 0.1) is 18.8 Å². The van der Waals surface area contributed by atoms with Crippen molar-refractivity contribution in [2.45, 2.75) is 91.4 Å². The zero-order valence-corrected chi connectivity index (χ0v) is 24.7. The summed E-state index contributed by atoms with van der Waals surface area (Å²) in [5.74, 6) is 0.457. The molecule has 0 spiro atoms. The van der Waals surface area contributed by atoms with Gasteiger partial charge in [-0.25, -0.2) is 9.59 Å². The van der Waals surface area contributed by atoms with E-state index in [1.54, 1.807) is 49.4 Å². The van der Waals surface area contributed by atoms with Crippen LogP contribution in [0.2, 0.25) is 0 Å². The second kappa shape index (κ2) is 16.5. The maximum Gasteiger partial charge on any atom is 0.343 e. The van der Waals surface area contributed by atoms with Crippen LogP contribution < -0.4 is 14.2 Å². The maximum atomic E-state index is 12.8. The molecule has 0 aliphatic carbocycles. The van der Waals surface area contributed by atoms with Crippen LogP contribution in [0.4, 0.5) is 0 Å². The summed E-state index contributed by atoms with van der Waals surface area (Å²) in [6.07, 6.45) is 6.78. The first-order valence-electron chi connectivity index (χ1n) is 14.1. The fourth-order valence-corrected chi connectivity index (χ4v) is 3.83. The van der Waals surface area contributed by atoms with Gasteiger partial charge in [-0.2, -0.15) is 0 Å². The van der Waals surface area contributed by atoms with Gasteiger partial charge in [-0.3, -0.25) is 4.79 Å². The van der Waals surface area contributed by atoms with E-state index in [-0.39, 0.29) is 17.4 Å². The number of hydrogen-bond acceptors (Lipinski definition) is 7. The van der Waals surface area contributed by atoms with E-state index >= 15 is 0 Å². The van der Waals surface area contributed by atoms with Gasteiger partial charge < -0.3 is 18.9 Å². The highest BCUT2D eigenvalue weighted by Crippen LogP contribution is 2.35. The molecule has 40 heavy (non-hydrogen) atoms. The minimum absolute atomic E-state index is 0.257. The van der Waals surface area contributed by atoms with Crippen LogP contribution in [0.3, 0.4) is 0 Å². The molecule has 0 fully saturated rings. The first-order valence-corrected chi connectivity index (χ1v) is 14.1. The molecule has 0 N–H and O–H groups in total. The number of esters is 3. The topological polar surface area (TPSA) is 88.1 Å². The minimum Gasteiger partial charge on any atom is -0.494 e. The summed E-state index contributed by atoms with van der Waals surface area (Å²) in [4.78, 5) is 36.4. The van der Waals surface area contributed by atoms with Gasteiger partial charge in [0.2, 0.25) is 0 Å². The van der Waals surface area contributed by atoms with Crippen molar-refractivity contribution in [1.82, 2.24) is 0 Å². The smallest absolute Gasteiger partial charge is 0.343 e. The Kier molecular flexibility index (Phi) is 13.4. The molecule has 0 aliphatic heterocycles. The molecule has 0 amide bonds. The molecule has 0 aromatic heterocycles. The van der Waals surface area contributed by atoms with Crippen LogP contribution in [0, 0.1) is 0 Å². The SMILES string of the molecule is C=C(C)C(=O)OCCCCCCOc1ccc(C(=O)Oc2ccc(OC(=O)CCCCC)c(C(C)(C)C)c2)cc1. The number of ether oxygens (including phenoxy) is 4. The lowest BCUT2D eigenvalue weighted by atomic mass is 9.86. The van der Waals surface area contributed by atoms with Crippen molar-refractivity contribution in [3.05, 3.63) is 65.7 Å². The third-order valence-corrected chi connectivity index (χ3v) is 6.16. The van der Waals surface area contributed by atoms with E-state index in [0.717, 1.165) is 50.5 Å². The Bertz CT molecular complexity index is 1130. The van der Waals surface area contributed by atoms with Gasteiger partial charge in [-0.15, -0.1) is 0 Å². The van der Waals surface area contributed by atoms with E-state index < -0.39 is 5.97 Å². The molecule has 218 valence electrons. The Balaban J connectivity index is 1.84. The highest BCUT2D eigenvalue weighted by Gasteiger charge is 2.22. The first-order chi connectivity index (χ1) is 19.0. The molecule has 0 saturated heterocycles. The molecule has 0 bridgehead atoms. The Morgan fingerprint density at radius 1 is 0.800 bits per heavy atom. The van der Waals surface area contributed by atoms with Crippen molar-refractivity contribution in [3.8, 4) is 17.2 Å². The van der Waals surface area contributed by atoms with E-state index in [9.17, 15) is 14.4 Å². The standard InChI is InChI=1S/C33H44O7/c1-7-8-11-14-30(34)40-29-20-19-27(23-28(29)33(4,5)6)39-32(36)25-15-17-26(18-16-25)37-21-12-9-10-13-22-38-31(35)24(2)3/h15-20,23H,2,7-14,21-22H2,1,3-6H3. The molecule has 0 aliphatic rings. The normalized spacial score (nSPS) is 11.0. The lowest BCUT2D eigenvalue weighted by Gasteiger charge is -2.23. The van der Waals surface area contributed by atoms with Crippen LogP contribution in [-0.4, -0.2) is 31.1 Å². The van der Waals surface area contributed by atoms with Gasteiger partial charge in [-0.1, -0.05) is 47.1 Å². The van der Waals surface area contributed by atoms with Crippen molar-refractivity contribution < 1.29 is 33.3 Å². The van der Waals surface area contributed by atoms with Crippen LogP contribution in [0.5, 0.6) is 17.2 Å². The van der Waals surface area contributed by atoms with Gasteiger partial charge in [-0.05, 0) is 86.9 Å². The van der Waals surface area contributed by atoms with Crippen molar-refractivity contribution >= 4 is 17.9 Å². The molecule has 7 heteroatoms. The minimum atomic E-state index is -0.483. The summed E-state index contributed by atoms with van der Waals surface area (Å²) in [7, 11) is 0. The zero-order chi connectivity index (χ0) is 29.5. The largest absolute Gasteiger partial charge is 0.494 e. The van der Waals surface area contributed by atoms with E-state index in [0.29, 0.717) is 48.0 Å². The Morgan fingerprint density at radius 2 is 1.45 bits per heavy atom. The molecule has 2 aromatic rings. The van der Waals surface area contributed by atoms with Gasteiger partial charge in [0.1, 0.15) is 17.2 Å². The predicted octanol–water partition coefficient (Wildman–Crippen LogP) is 7.75. The molecule has 0 atom stereocenters. The summed E-state index contributed by atoms with van der Waals surface area (Å²) < 4.78 is 22.1. The van der Waals surface area contributed by atoms with Gasteiger partial charge in [0.25, 0.3) is 0 Å². The number of hydrogen-bond donors (Lipinski definition) is 0. The number of carbonyl (C=O) groups is 3. The van der Waals surface area contributed by atoms with Crippen molar-refractivity contribution in [2.75, 3.05) is 13.2 Å². The number of carbonyl (C=O) groups excluding carboxylic acids is 3. The van der Waals surface area contributed by atoms with Crippen molar-refractivity contribution in [3.63, 3.8) is 0 Å². The second-order valence-corrected chi connectivity index (χ2v) is 10.9. The average molecular weight is 553 g/mol. The maximum absolute atomic E-state index is 12.8. The summed E-state index contributed by atoms with van der Waals surface area (Å²) in [6.45, 7) is 14.3. The second-order valence-electron chi connectivity index (χ2n) is 10.9. The number of unbranched alkanes of at least 4 members (excludes halogenated alkanes) is 5. The Morgan fingerprint density at radius 3 is 2.08 bits per heavy atom. The molecule has 2 aromatic carbocycles. The van der Waals surface area contributed by atoms with Crippen molar-refractivity contribution in [2.24, 2.45) is 0 Å². The Labute approximate surface area is 238 Å². The fraction of sp³-hybridized carbons (Fsp3) is 0.485. The molecule has 7 nitrogen and oxygen atoms in total. The van der Waals surface area contributed by atoms with Crippen LogP contribution in [0.15, 0.2) is 54.6 Å². The monoisotopic (exact) mass is 552 g/mol.